The van der Waals surface area contributed by atoms with Crippen LogP contribution in [0.4, 0.5) is 0 Å². The molecule has 1 aliphatic heterocycles. The highest BCUT2D eigenvalue weighted by Gasteiger charge is 2.24. The fraction of sp³-hybridized carbons (Fsp3) is 0.400. The normalized spacial score (nSPS) is 19.1. The van der Waals surface area contributed by atoms with E-state index in [0.29, 0.717) is 0 Å². The molecule has 1 aliphatic rings. The van der Waals surface area contributed by atoms with E-state index in [2.05, 4.69) is 15.5 Å². The molecule has 110 valence electrons. The fourth-order valence-corrected chi connectivity index (χ4v) is 3.60. The minimum Gasteiger partial charge on any atom is -0.355 e. The first-order valence-corrected chi connectivity index (χ1v) is 8.05. The van der Waals surface area contributed by atoms with Gasteiger partial charge in [-0.1, -0.05) is 36.4 Å². The molecule has 6 heteroatoms. The van der Waals surface area contributed by atoms with Crippen LogP contribution in [0, 0.1) is 6.92 Å². The van der Waals surface area contributed by atoms with Crippen LogP contribution in [0.3, 0.4) is 0 Å². The number of carbonyl (C=O) groups excluding carboxylic acids is 1. The second-order valence-corrected chi connectivity index (χ2v) is 6.26. The van der Waals surface area contributed by atoms with Crippen molar-refractivity contribution in [1.82, 2.24) is 20.1 Å². The summed E-state index contributed by atoms with van der Waals surface area (Å²) in [6, 6.07) is 10.00. The average molecular weight is 302 g/mol. The van der Waals surface area contributed by atoms with Crippen molar-refractivity contribution in [3.05, 3.63) is 36.2 Å². The van der Waals surface area contributed by atoms with E-state index < -0.39 is 0 Å². The number of nitrogens with zero attached hydrogens (tertiary/aromatic N) is 3. The molecule has 2 heterocycles. The zero-order chi connectivity index (χ0) is 14.7. The first-order valence-electron chi connectivity index (χ1n) is 7.17. The summed E-state index contributed by atoms with van der Waals surface area (Å²) in [6.45, 7) is 2.71. The lowest BCUT2D eigenvalue weighted by atomic mass is 10.2. The number of nitrogens with one attached hydrogen (secondary N) is 1. The number of hydrogen-bond acceptors (Lipinski definition) is 4. The monoisotopic (exact) mass is 302 g/mol. The van der Waals surface area contributed by atoms with E-state index in [1.54, 1.807) is 0 Å². The topological polar surface area (TPSA) is 59.8 Å². The van der Waals surface area contributed by atoms with Crippen LogP contribution in [0.1, 0.15) is 25.1 Å². The third-order valence-electron chi connectivity index (χ3n) is 3.54. The van der Waals surface area contributed by atoms with Crippen LogP contribution < -0.4 is 5.32 Å². The van der Waals surface area contributed by atoms with Gasteiger partial charge in [0.2, 0.25) is 5.91 Å². The van der Waals surface area contributed by atoms with Crippen LogP contribution in [0.25, 0.3) is 5.69 Å². The van der Waals surface area contributed by atoms with Gasteiger partial charge in [0.15, 0.2) is 5.16 Å². The molecule has 0 radical (unpaired) electrons. The molecule has 1 N–H and O–H groups in total. The fourth-order valence-electron chi connectivity index (χ4n) is 2.44. The Hall–Kier alpha value is -1.82. The Kier molecular flexibility index (Phi) is 4.24. The summed E-state index contributed by atoms with van der Waals surface area (Å²) >= 11 is 1.51. The number of carbonyl (C=O) groups is 1. The molecule has 0 saturated carbocycles. The summed E-state index contributed by atoms with van der Waals surface area (Å²) in [5.74, 6) is 0.940. The summed E-state index contributed by atoms with van der Waals surface area (Å²) in [5.41, 5.74) is 1.02. The molecular weight excluding hydrogens is 284 g/mol. The standard InChI is InChI=1S/C15H18N4OS/c1-11-17-18-15(19(11)12-7-3-2-4-8-12)21-13-9-5-6-10-16-14(13)20/h2-4,7-8,13H,5-6,9-10H2,1H3,(H,16,20)/t13-/m1/s1. The summed E-state index contributed by atoms with van der Waals surface area (Å²) in [7, 11) is 0. The van der Waals surface area contributed by atoms with E-state index in [0.717, 1.165) is 42.5 Å². The highest BCUT2D eigenvalue weighted by atomic mass is 32.2. The molecule has 1 fully saturated rings. The summed E-state index contributed by atoms with van der Waals surface area (Å²) in [4.78, 5) is 12.1. The van der Waals surface area contributed by atoms with Gasteiger partial charge in [-0.2, -0.15) is 0 Å². The number of rotatable bonds is 3. The van der Waals surface area contributed by atoms with Crippen molar-refractivity contribution in [3.8, 4) is 5.69 Å². The van der Waals surface area contributed by atoms with Gasteiger partial charge in [-0.15, -0.1) is 10.2 Å². The summed E-state index contributed by atoms with van der Waals surface area (Å²) in [5, 5.41) is 12.1. The second kappa shape index (κ2) is 6.30. The van der Waals surface area contributed by atoms with Crippen LogP contribution in [-0.2, 0) is 4.79 Å². The third kappa shape index (κ3) is 3.10. The van der Waals surface area contributed by atoms with Gasteiger partial charge in [0.1, 0.15) is 5.82 Å². The van der Waals surface area contributed by atoms with Crippen molar-refractivity contribution in [2.24, 2.45) is 0 Å². The van der Waals surface area contributed by atoms with E-state index in [9.17, 15) is 4.79 Å². The maximum Gasteiger partial charge on any atom is 0.233 e. The van der Waals surface area contributed by atoms with E-state index in [1.807, 2.05) is 41.8 Å². The van der Waals surface area contributed by atoms with Crippen LogP contribution in [0.2, 0.25) is 0 Å². The molecular formula is C15H18N4OS. The van der Waals surface area contributed by atoms with E-state index in [-0.39, 0.29) is 11.2 Å². The number of aryl methyl sites for hydroxylation is 1. The minimum atomic E-state index is -0.0847. The molecule has 3 rings (SSSR count). The molecule has 0 spiro atoms. The smallest absolute Gasteiger partial charge is 0.233 e. The predicted molar refractivity (Wildman–Crippen MR) is 82.6 cm³/mol. The highest BCUT2D eigenvalue weighted by molar-refractivity contribution is 8.00. The van der Waals surface area contributed by atoms with Gasteiger partial charge in [0.05, 0.1) is 5.25 Å². The molecule has 1 saturated heterocycles. The first-order chi connectivity index (χ1) is 10.3. The number of aromatic nitrogens is 3. The molecule has 21 heavy (non-hydrogen) atoms. The Morgan fingerprint density at radius 3 is 2.86 bits per heavy atom. The number of amides is 1. The largest absolute Gasteiger partial charge is 0.355 e. The number of hydrogen-bond donors (Lipinski definition) is 1. The maximum atomic E-state index is 12.1. The molecule has 0 aliphatic carbocycles. The SMILES string of the molecule is Cc1nnc(S[C@@H]2CCCCNC2=O)n1-c1ccccc1. The molecule has 2 aromatic rings. The highest BCUT2D eigenvalue weighted by Crippen LogP contribution is 2.29. The molecule has 1 aromatic heterocycles. The van der Waals surface area contributed by atoms with E-state index in [4.69, 9.17) is 0 Å². The maximum absolute atomic E-state index is 12.1. The van der Waals surface area contributed by atoms with Crippen molar-refractivity contribution in [3.63, 3.8) is 0 Å². The van der Waals surface area contributed by atoms with Crippen LogP contribution in [0.5, 0.6) is 0 Å². The first kappa shape index (κ1) is 14.1. The van der Waals surface area contributed by atoms with Gasteiger partial charge >= 0.3 is 0 Å². The van der Waals surface area contributed by atoms with Crippen molar-refractivity contribution in [1.29, 1.82) is 0 Å². The Morgan fingerprint density at radius 1 is 1.24 bits per heavy atom. The average Bonchev–Trinajstić information content (AvgIpc) is 2.74. The van der Waals surface area contributed by atoms with Crippen molar-refractivity contribution >= 4 is 17.7 Å². The van der Waals surface area contributed by atoms with Crippen molar-refractivity contribution in [2.75, 3.05) is 6.54 Å². The van der Waals surface area contributed by atoms with Crippen LogP contribution >= 0.6 is 11.8 Å². The van der Waals surface area contributed by atoms with Gasteiger partial charge in [0, 0.05) is 12.2 Å². The lowest BCUT2D eigenvalue weighted by Crippen LogP contribution is -2.30. The number of para-hydroxylation sites is 1. The third-order valence-corrected chi connectivity index (χ3v) is 4.75. The zero-order valence-electron chi connectivity index (χ0n) is 12.0. The van der Waals surface area contributed by atoms with Crippen molar-refractivity contribution in [2.45, 2.75) is 36.6 Å². The molecule has 1 atom stereocenters. The summed E-state index contributed by atoms with van der Waals surface area (Å²) < 4.78 is 2.00. The quantitative estimate of drug-likeness (QED) is 0.945. The molecule has 1 amide bonds. The van der Waals surface area contributed by atoms with E-state index in [1.165, 1.54) is 11.8 Å². The molecule has 1 aromatic carbocycles. The number of thioether (sulfide) groups is 1. The second-order valence-electron chi connectivity index (χ2n) is 5.09. The van der Waals surface area contributed by atoms with E-state index >= 15 is 0 Å². The minimum absolute atomic E-state index is 0.0847. The van der Waals surface area contributed by atoms with Crippen LogP contribution in [-0.4, -0.2) is 32.5 Å². The molecule has 5 nitrogen and oxygen atoms in total. The van der Waals surface area contributed by atoms with Crippen molar-refractivity contribution < 1.29 is 4.79 Å². The number of benzene rings is 1. The van der Waals surface area contributed by atoms with Gasteiger partial charge in [-0.25, -0.2) is 0 Å². The van der Waals surface area contributed by atoms with Gasteiger partial charge in [-0.05, 0) is 31.9 Å². The Bertz CT molecular complexity index is 626. The Balaban J connectivity index is 1.88. The lowest BCUT2D eigenvalue weighted by molar-refractivity contribution is -0.120. The summed E-state index contributed by atoms with van der Waals surface area (Å²) in [6.07, 6.45) is 3.00. The molecule has 0 unspecified atom stereocenters. The Morgan fingerprint density at radius 2 is 2.05 bits per heavy atom. The zero-order valence-corrected chi connectivity index (χ0v) is 12.8. The lowest BCUT2D eigenvalue weighted by Gasteiger charge is -2.13. The van der Waals surface area contributed by atoms with Gasteiger partial charge in [-0.3, -0.25) is 9.36 Å². The predicted octanol–water partition coefficient (Wildman–Crippen LogP) is 2.34. The van der Waals surface area contributed by atoms with Gasteiger partial charge < -0.3 is 5.32 Å². The van der Waals surface area contributed by atoms with Gasteiger partial charge in [0.25, 0.3) is 0 Å². The molecule has 0 bridgehead atoms. The Labute approximate surface area is 128 Å². The van der Waals surface area contributed by atoms with Crippen LogP contribution in [0.15, 0.2) is 35.5 Å².